The van der Waals surface area contributed by atoms with Crippen LogP contribution in [0.4, 0.5) is 5.69 Å². The monoisotopic (exact) mass is 467 g/mol. The van der Waals surface area contributed by atoms with Crippen LogP contribution in [0.25, 0.3) is 0 Å². The average Bonchev–Trinajstić information content (AvgIpc) is 3.27. The molecular weight excluding hydrogens is 442 g/mol. The van der Waals surface area contributed by atoms with E-state index >= 15 is 0 Å². The number of hydrogen-bond donors (Lipinski definition) is 0. The van der Waals surface area contributed by atoms with Gasteiger partial charge in [0, 0.05) is 47.9 Å². The molecule has 0 bridgehead atoms. The molecule has 2 aromatic carbocycles. The fourth-order valence-electron chi connectivity index (χ4n) is 3.54. The maximum absolute atomic E-state index is 12.7. The Balaban J connectivity index is 1.28. The molecule has 0 aliphatic carbocycles. The lowest BCUT2D eigenvalue weighted by molar-refractivity contribution is -0.134. The van der Waals surface area contributed by atoms with Gasteiger partial charge in [0.1, 0.15) is 0 Å². The minimum atomic E-state index is -0.473. The van der Waals surface area contributed by atoms with Crippen LogP contribution < -0.4 is 4.90 Å². The molecule has 0 N–H and O–H groups in total. The third-order valence-electron chi connectivity index (χ3n) is 5.23. The van der Waals surface area contributed by atoms with Gasteiger partial charge in [0.25, 0.3) is 5.91 Å². The van der Waals surface area contributed by atoms with E-state index in [0.717, 1.165) is 34.4 Å². The van der Waals surface area contributed by atoms with Crippen LogP contribution in [0.15, 0.2) is 64.9 Å². The Kier molecular flexibility index (Phi) is 7.44. The number of benzene rings is 2. The Morgan fingerprint density at radius 3 is 2.47 bits per heavy atom. The molecule has 0 saturated carbocycles. The molecule has 1 saturated heterocycles. The van der Waals surface area contributed by atoms with Crippen LogP contribution in [0.5, 0.6) is 0 Å². The van der Waals surface area contributed by atoms with Gasteiger partial charge in [-0.15, -0.1) is 23.1 Å². The first-order chi connectivity index (χ1) is 15.6. The van der Waals surface area contributed by atoms with Gasteiger partial charge in [-0.1, -0.05) is 30.3 Å². The molecule has 166 valence electrons. The van der Waals surface area contributed by atoms with Crippen molar-refractivity contribution in [1.29, 1.82) is 0 Å². The zero-order valence-electron chi connectivity index (χ0n) is 17.9. The fraction of sp³-hybridized carbons (Fsp3) is 0.292. The van der Waals surface area contributed by atoms with Gasteiger partial charge in [-0.05, 0) is 31.2 Å². The maximum Gasteiger partial charge on any atom is 0.339 e. The second-order valence-corrected chi connectivity index (χ2v) is 9.50. The first kappa shape index (κ1) is 22.4. The number of aromatic nitrogens is 1. The number of ether oxygens (including phenoxy) is 1. The number of para-hydroxylation sites is 1. The minimum Gasteiger partial charge on any atom is -0.452 e. The van der Waals surface area contributed by atoms with E-state index in [4.69, 9.17) is 4.74 Å². The van der Waals surface area contributed by atoms with E-state index in [-0.39, 0.29) is 12.5 Å². The van der Waals surface area contributed by atoms with Gasteiger partial charge in [-0.3, -0.25) is 4.79 Å². The number of amides is 1. The largest absolute Gasteiger partial charge is 0.452 e. The fourth-order valence-corrected chi connectivity index (χ4v) is 5.19. The molecule has 4 rings (SSSR count). The molecule has 1 aliphatic heterocycles. The molecule has 0 unspecified atom stereocenters. The smallest absolute Gasteiger partial charge is 0.339 e. The lowest BCUT2D eigenvalue weighted by Gasteiger charge is -2.36. The number of hydrogen-bond acceptors (Lipinski definition) is 7. The number of piperazine rings is 1. The van der Waals surface area contributed by atoms with Crippen LogP contribution in [0.3, 0.4) is 0 Å². The Labute approximate surface area is 196 Å². The van der Waals surface area contributed by atoms with Crippen molar-refractivity contribution in [3.63, 3.8) is 0 Å². The lowest BCUT2D eigenvalue weighted by Crippen LogP contribution is -2.49. The van der Waals surface area contributed by atoms with Crippen LogP contribution in [0.2, 0.25) is 0 Å². The minimum absolute atomic E-state index is 0.158. The van der Waals surface area contributed by atoms with E-state index in [1.54, 1.807) is 40.1 Å². The Bertz CT molecular complexity index is 1060. The summed E-state index contributed by atoms with van der Waals surface area (Å²) in [5, 5.41) is 3.05. The summed E-state index contributed by atoms with van der Waals surface area (Å²) in [5.41, 5.74) is 2.63. The number of aryl methyl sites for hydroxylation is 1. The van der Waals surface area contributed by atoms with E-state index in [2.05, 4.69) is 22.0 Å². The molecule has 1 aliphatic rings. The molecule has 0 spiro atoms. The van der Waals surface area contributed by atoms with Gasteiger partial charge in [0.05, 0.1) is 16.3 Å². The first-order valence-corrected chi connectivity index (χ1v) is 12.3. The number of rotatable bonds is 7. The highest BCUT2D eigenvalue weighted by atomic mass is 32.2. The predicted molar refractivity (Wildman–Crippen MR) is 128 cm³/mol. The van der Waals surface area contributed by atoms with E-state index in [9.17, 15) is 9.59 Å². The maximum atomic E-state index is 12.7. The van der Waals surface area contributed by atoms with Gasteiger partial charge in [0.2, 0.25) is 0 Å². The summed E-state index contributed by atoms with van der Waals surface area (Å²) in [5.74, 6) is 0.0483. The van der Waals surface area contributed by atoms with Gasteiger partial charge < -0.3 is 14.5 Å². The Hall–Kier alpha value is -2.84. The van der Waals surface area contributed by atoms with E-state index in [0.29, 0.717) is 24.4 Å². The SMILES string of the molecule is Cc1nc(CSc2ccccc2C(=O)OCC(=O)N2CCN(c3ccccc3)CC2)cs1. The highest BCUT2D eigenvalue weighted by Crippen LogP contribution is 2.27. The van der Waals surface area contributed by atoms with E-state index < -0.39 is 5.97 Å². The van der Waals surface area contributed by atoms with Gasteiger partial charge >= 0.3 is 5.97 Å². The third-order valence-corrected chi connectivity index (χ3v) is 7.16. The average molecular weight is 468 g/mol. The quantitative estimate of drug-likeness (QED) is 0.382. The second-order valence-electron chi connectivity index (χ2n) is 7.42. The number of thioether (sulfide) groups is 1. The standard InChI is InChI=1S/C24H25N3O3S2/c1-18-25-19(16-31-18)17-32-22-10-6-5-9-21(22)24(29)30-15-23(28)27-13-11-26(12-14-27)20-7-3-2-4-8-20/h2-10,16H,11-15,17H2,1H3. The molecule has 1 aromatic heterocycles. The molecule has 8 heteroatoms. The van der Waals surface area contributed by atoms with Gasteiger partial charge in [-0.25, -0.2) is 9.78 Å². The van der Waals surface area contributed by atoms with Crippen LogP contribution in [0, 0.1) is 6.92 Å². The molecule has 3 aromatic rings. The van der Waals surface area contributed by atoms with Crippen molar-refractivity contribution in [2.24, 2.45) is 0 Å². The topological polar surface area (TPSA) is 62.7 Å². The molecule has 2 heterocycles. The zero-order valence-corrected chi connectivity index (χ0v) is 19.5. The second kappa shape index (κ2) is 10.7. The summed E-state index contributed by atoms with van der Waals surface area (Å²) >= 11 is 3.16. The number of carbonyl (C=O) groups is 2. The molecule has 1 fully saturated rings. The van der Waals surface area contributed by atoms with Gasteiger partial charge in [-0.2, -0.15) is 0 Å². The zero-order chi connectivity index (χ0) is 22.3. The van der Waals surface area contributed by atoms with Crippen molar-refractivity contribution < 1.29 is 14.3 Å². The molecule has 32 heavy (non-hydrogen) atoms. The summed E-state index contributed by atoms with van der Waals surface area (Å²) in [4.78, 5) is 34.6. The summed E-state index contributed by atoms with van der Waals surface area (Å²) < 4.78 is 5.38. The Morgan fingerprint density at radius 2 is 1.75 bits per heavy atom. The van der Waals surface area contributed by atoms with E-state index in [1.165, 1.54) is 0 Å². The van der Waals surface area contributed by atoms with Crippen molar-refractivity contribution in [3.05, 3.63) is 76.2 Å². The Morgan fingerprint density at radius 1 is 1.03 bits per heavy atom. The number of anilines is 1. The molecule has 0 radical (unpaired) electrons. The first-order valence-electron chi connectivity index (χ1n) is 10.5. The van der Waals surface area contributed by atoms with Crippen LogP contribution >= 0.6 is 23.1 Å². The highest BCUT2D eigenvalue weighted by molar-refractivity contribution is 7.98. The summed E-state index contributed by atoms with van der Waals surface area (Å²) in [6.45, 7) is 4.49. The van der Waals surface area contributed by atoms with Crippen molar-refractivity contribution >= 4 is 40.7 Å². The third kappa shape index (κ3) is 5.69. The van der Waals surface area contributed by atoms with Crippen molar-refractivity contribution in [2.45, 2.75) is 17.6 Å². The molecule has 1 amide bonds. The summed E-state index contributed by atoms with van der Waals surface area (Å²) in [7, 11) is 0. The molecule has 6 nitrogen and oxygen atoms in total. The predicted octanol–water partition coefficient (Wildman–Crippen LogP) is 4.25. The number of carbonyl (C=O) groups excluding carboxylic acids is 2. The molecule has 0 atom stereocenters. The lowest BCUT2D eigenvalue weighted by atomic mass is 10.2. The number of thiazole rings is 1. The van der Waals surface area contributed by atoms with Crippen LogP contribution in [0.1, 0.15) is 21.1 Å². The summed E-state index contributed by atoms with van der Waals surface area (Å²) in [6.07, 6.45) is 0. The van der Waals surface area contributed by atoms with Crippen LogP contribution in [-0.2, 0) is 15.3 Å². The normalized spacial score (nSPS) is 13.8. The van der Waals surface area contributed by atoms with Crippen LogP contribution in [-0.4, -0.2) is 54.5 Å². The van der Waals surface area contributed by atoms with Crippen molar-refractivity contribution in [3.8, 4) is 0 Å². The summed E-state index contributed by atoms with van der Waals surface area (Å²) in [6, 6.07) is 17.5. The number of nitrogens with zero attached hydrogens (tertiary/aromatic N) is 3. The highest BCUT2D eigenvalue weighted by Gasteiger charge is 2.23. The number of esters is 1. The molecular formula is C24H25N3O3S2. The van der Waals surface area contributed by atoms with Gasteiger partial charge in [0.15, 0.2) is 6.61 Å². The van der Waals surface area contributed by atoms with Crippen molar-refractivity contribution in [2.75, 3.05) is 37.7 Å². The van der Waals surface area contributed by atoms with Crippen molar-refractivity contribution in [1.82, 2.24) is 9.88 Å². The van der Waals surface area contributed by atoms with E-state index in [1.807, 2.05) is 42.6 Å².